The number of amidine groups is 1. The van der Waals surface area contributed by atoms with Crippen LogP contribution >= 0.6 is 0 Å². The van der Waals surface area contributed by atoms with Crippen LogP contribution in [0.4, 0.5) is 0 Å². The van der Waals surface area contributed by atoms with Crippen molar-refractivity contribution in [1.82, 2.24) is 20.2 Å². The molecule has 8 nitrogen and oxygen atoms in total. The minimum absolute atomic E-state index is 0.0356. The summed E-state index contributed by atoms with van der Waals surface area (Å²) in [5.41, 5.74) is 2.25. The number of hydrogen-bond acceptors (Lipinski definition) is 5. The van der Waals surface area contributed by atoms with Crippen LogP contribution in [0.5, 0.6) is 0 Å². The Balaban J connectivity index is 1.52. The number of amides is 1. The number of imidazole rings is 1. The van der Waals surface area contributed by atoms with Gasteiger partial charge in [-0.3, -0.25) is 4.79 Å². The van der Waals surface area contributed by atoms with Gasteiger partial charge in [0.2, 0.25) is 5.91 Å². The topological polar surface area (TPSA) is 108 Å². The summed E-state index contributed by atoms with van der Waals surface area (Å²) in [7, 11) is -2.08. The first-order valence-electron chi connectivity index (χ1n) is 9.66. The molecule has 1 aromatic heterocycles. The molecule has 156 valence electrons. The summed E-state index contributed by atoms with van der Waals surface area (Å²) < 4.78 is 28.4. The highest BCUT2D eigenvalue weighted by Gasteiger charge is 2.31. The van der Waals surface area contributed by atoms with Gasteiger partial charge in [-0.2, -0.15) is 8.42 Å². The fourth-order valence-corrected chi connectivity index (χ4v) is 4.80. The van der Waals surface area contributed by atoms with E-state index in [0.29, 0.717) is 11.4 Å². The predicted octanol–water partition coefficient (Wildman–Crippen LogP) is 2.46. The average molecular weight is 426 g/mol. The van der Waals surface area contributed by atoms with E-state index in [1.165, 1.54) is 6.07 Å². The van der Waals surface area contributed by atoms with E-state index in [0.717, 1.165) is 11.0 Å². The molecule has 0 saturated carbocycles. The summed E-state index contributed by atoms with van der Waals surface area (Å²) in [5, 5.41) is 3.01. The lowest BCUT2D eigenvalue weighted by Gasteiger charge is -2.23. The number of para-hydroxylation sites is 2. The molecule has 1 aliphatic rings. The number of hydrogen-bond donors (Lipinski definition) is 2. The van der Waals surface area contributed by atoms with Gasteiger partial charge in [0.25, 0.3) is 10.0 Å². The molecule has 9 heteroatoms. The maximum absolute atomic E-state index is 12.8. The number of likely N-dealkylation sites (N-methyl/N-ethyl adjacent to an activating group) is 1. The maximum atomic E-state index is 12.8. The Morgan fingerprint density at radius 2 is 1.83 bits per heavy atom. The molecule has 0 saturated heterocycles. The van der Waals surface area contributed by atoms with E-state index in [4.69, 9.17) is 0 Å². The molecule has 0 spiro atoms. The third-order valence-electron chi connectivity index (χ3n) is 5.04. The first-order chi connectivity index (χ1) is 14.3. The second kappa shape index (κ2) is 7.56. The monoisotopic (exact) mass is 425 g/mol. The second-order valence-corrected chi connectivity index (χ2v) is 9.24. The molecule has 2 N–H and O–H groups in total. The van der Waals surface area contributed by atoms with Gasteiger partial charge in [-0.05, 0) is 30.2 Å². The third kappa shape index (κ3) is 3.68. The van der Waals surface area contributed by atoms with Gasteiger partial charge in [-0.15, -0.1) is 4.40 Å². The summed E-state index contributed by atoms with van der Waals surface area (Å²) in [4.78, 5) is 22.4. The van der Waals surface area contributed by atoms with Crippen LogP contribution in [0, 0.1) is 5.92 Å². The number of fused-ring (bicyclic) bond motifs is 2. The highest BCUT2D eigenvalue weighted by atomic mass is 32.2. The molecule has 0 bridgehead atoms. The van der Waals surface area contributed by atoms with Gasteiger partial charge in [-0.25, -0.2) is 4.98 Å². The lowest BCUT2D eigenvalue weighted by molar-refractivity contribution is -0.122. The van der Waals surface area contributed by atoms with Crippen LogP contribution in [0.2, 0.25) is 0 Å². The van der Waals surface area contributed by atoms with Crippen molar-refractivity contribution in [2.24, 2.45) is 10.3 Å². The molecule has 2 heterocycles. The van der Waals surface area contributed by atoms with E-state index < -0.39 is 10.0 Å². The zero-order valence-corrected chi connectivity index (χ0v) is 17.8. The summed E-state index contributed by atoms with van der Waals surface area (Å²) in [6, 6.07) is 14.0. The predicted molar refractivity (Wildman–Crippen MR) is 115 cm³/mol. The van der Waals surface area contributed by atoms with Crippen molar-refractivity contribution in [3.05, 3.63) is 59.9 Å². The summed E-state index contributed by atoms with van der Waals surface area (Å²) in [6.45, 7) is 3.98. The molecule has 0 radical (unpaired) electrons. The summed E-state index contributed by atoms with van der Waals surface area (Å²) >= 11 is 0. The molecule has 30 heavy (non-hydrogen) atoms. The number of carbonyl (C=O) groups is 1. The molecule has 1 aliphatic heterocycles. The quantitative estimate of drug-likeness (QED) is 0.653. The van der Waals surface area contributed by atoms with Gasteiger partial charge in [-0.1, -0.05) is 38.1 Å². The Bertz CT molecular complexity index is 1210. The molecule has 1 unspecified atom stereocenters. The Kier molecular flexibility index (Phi) is 5.07. The third-order valence-corrected chi connectivity index (χ3v) is 6.37. The number of nitrogens with zero attached hydrogens (tertiary/aromatic N) is 3. The highest BCUT2D eigenvalue weighted by Crippen LogP contribution is 2.27. The summed E-state index contributed by atoms with van der Waals surface area (Å²) in [6.07, 6.45) is 0. The van der Waals surface area contributed by atoms with E-state index >= 15 is 0 Å². The number of aromatic amines is 1. The molecule has 1 amide bonds. The maximum Gasteiger partial charge on any atom is 0.285 e. The van der Waals surface area contributed by atoms with Gasteiger partial charge in [0.1, 0.15) is 10.7 Å². The smallest absolute Gasteiger partial charge is 0.285 e. The molecule has 3 aromatic rings. The number of sulfonamides is 1. The SMILES string of the molecule is CC(C)C(NC(=O)CN(C)C1=NS(=O)(=O)c2ccccc21)c1nc2ccccc2[nH]1. The Hall–Kier alpha value is -3.20. The van der Waals surface area contributed by atoms with Crippen molar-refractivity contribution >= 4 is 32.8 Å². The number of aromatic nitrogens is 2. The lowest BCUT2D eigenvalue weighted by Crippen LogP contribution is -2.41. The van der Waals surface area contributed by atoms with Gasteiger partial charge in [0, 0.05) is 12.6 Å². The number of nitrogens with one attached hydrogen (secondary N) is 2. The van der Waals surface area contributed by atoms with Crippen LogP contribution in [-0.4, -0.2) is 48.6 Å². The first-order valence-corrected chi connectivity index (χ1v) is 11.1. The minimum atomic E-state index is -3.73. The molecule has 4 rings (SSSR count). The van der Waals surface area contributed by atoms with Crippen LogP contribution in [0.1, 0.15) is 31.3 Å². The number of H-pyrrole nitrogens is 1. The zero-order valence-electron chi connectivity index (χ0n) is 17.0. The van der Waals surface area contributed by atoms with E-state index in [1.807, 2.05) is 38.1 Å². The van der Waals surface area contributed by atoms with Crippen molar-refractivity contribution in [3.63, 3.8) is 0 Å². The number of rotatable bonds is 5. The van der Waals surface area contributed by atoms with Crippen molar-refractivity contribution < 1.29 is 13.2 Å². The number of carbonyl (C=O) groups excluding carboxylic acids is 1. The van der Waals surface area contributed by atoms with Gasteiger partial charge in [0.15, 0.2) is 5.84 Å². The standard InChI is InChI=1S/C21H23N5O3S/c1-13(2)19(20-22-15-9-5-6-10-16(15)23-20)24-18(27)12-26(3)21-14-8-4-7-11-17(14)30(28,29)25-21/h4-11,13,19H,12H2,1-3H3,(H,22,23)(H,24,27). The normalized spacial score (nSPS) is 15.7. The van der Waals surface area contributed by atoms with E-state index in [9.17, 15) is 13.2 Å². The lowest BCUT2D eigenvalue weighted by atomic mass is 10.0. The van der Waals surface area contributed by atoms with Crippen molar-refractivity contribution in [2.75, 3.05) is 13.6 Å². The molecule has 0 aliphatic carbocycles. The zero-order chi connectivity index (χ0) is 21.5. The largest absolute Gasteiger partial charge is 0.349 e. The Labute approximate surface area is 175 Å². The van der Waals surface area contributed by atoms with Gasteiger partial charge in [0.05, 0.1) is 23.6 Å². The van der Waals surface area contributed by atoms with E-state index in [2.05, 4.69) is 19.7 Å². The molecular formula is C21H23N5O3S. The molecular weight excluding hydrogens is 402 g/mol. The average Bonchev–Trinajstić information content (AvgIpc) is 3.25. The van der Waals surface area contributed by atoms with E-state index in [1.54, 1.807) is 30.1 Å². The van der Waals surface area contributed by atoms with Gasteiger partial charge < -0.3 is 15.2 Å². The molecule has 1 atom stereocenters. The van der Waals surface area contributed by atoms with Crippen molar-refractivity contribution in [3.8, 4) is 0 Å². The minimum Gasteiger partial charge on any atom is -0.349 e. The number of benzene rings is 2. The highest BCUT2D eigenvalue weighted by molar-refractivity contribution is 7.90. The fourth-order valence-electron chi connectivity index (χ4n) is 3.54. The molecule has 0 fully saturated rings. The van der Waals surface area contributed by atoms with Crippen LogP contribution in [0.3, 0.4) is 0 Å². The van der Waals surface area contributed by atoms with Crippen molar-refractivity contribution in [1.29, 1.82) is 0 Å². The van der Waals surface area contributed by atoms with Crippen LogP contribution in [0.25, 0.3) is 11.0 Å². The van der Waals surface area contributed by atoms with Crippen LogP contribution in [0.15, 0.2) is 57.8 Å². The Morgan fingerprint density at radius 1 is 1.13 bits per heavy atom. The molecule has 2 aromatic carbocycles. The summed E-state index contributed by atoms with van der Waals surface area (Å²) in [5.74, 6) is 0.810. The fraction of sp³-hybridized carbons (Fsp3) is 0.286. The van der Waals surface area contributed by atoms with E-state index in [-0.39, 0.29) is 35.1 Å². The van der Waals surface area contributed by atoms with Crippen LogP contribution < -0.4 is 5.32 Å². The van der Waals surface area contributed by atoms with Gasteiger partial charge >= 0.3 is 0 Å². The van der Waals surface area contributed by atoms with Crippen LogP contribution in [-0.2, 0) is 14.8 Å². The van der Waals surface area contributed by atoms with Crippen molar-refractivity contribution in [2.45, 2.75) is 24.8 Å². The first kappa shape index (κ1) is 20.1. The Morgan fingerprint density at radius 3 is 2.57 bits per heavy atom. The second-order valence-electron chi connectivity index (χ2n) is 7.67.